The lowest BCUT2D eigenvalue weighted by atomic mass is 10.1. The number of amides is 2. The number of hydrogen-bond donors (Lipinski definition) is 2. The first-order valence-electron chi connectivity index (χ1n) is 12.9. The fourth-order valence-corrected chi connectivity index (χ4v) is 4.92. The molecule has 3 aromatic carbocycles. The average Bonchev–Trinajstić information content (AvgIpc) is 3.46. The fraction of sp³-hybridized carbons (Fsp3) is 0.129. The number of halogens is 2. The Kier molecular flexibility index (Phi) is 9.04. The van der Waals surface area contributed by atoms with E-state index < -0.39 is 5.91 Å². The molecule has 5 rings (SSSR count). The summed E-state index contributed by atoms with van der Waals surface area (Å²) in [5, 5.41) is 7.22. The number of rotatable bonds is 6. The molecule has 0 saturated carbocycles. The summed E-state index contributed by atoms with van der Waals surface area (Å²) in [6, 6.07) is 25.6. The van der Waals surface area contributed by atoms with Crippen LogP contribution in [0.5, 0.6) is 0 Å². The zero-order valence-electron chi connectivity index (χ0n) is 21.8. The van der Waals surface area contributed by atoms with Crippen molar-refractivity contribution in [2.24, 2.45) is 0 Å². The first kappa shape index (κ1) is 28.4. The fourth-order valence-electron chi connectivity index (χ4n) is 4.46. The molecule has 41 heavy (non-hydrogen) atoms. The molecule has 0 aliphatic carbocycles. The maximum atomic E-state index is 12.9. The Hall–Kier alpha value is -4.11. The molecule has 1 fully saturated rings. The number of benzene rings is 3. The molecule has 1 aliphatic heterocycles. The molecule has 1 saturated heterocycles. The van der Waals surface area contributed by atoms with Crippen molar-refractivity contribution in [3.05, 3.63) is 112 Å². The molecule has 2 amide bonds. The van der Waals surface area contributed by atoms with Gasteiger partial charge in [-0.25, -0.2) is 0 Å². The topological polar surface area (TPSA) is 77.8 Å². The number of furan rings is 1. The van der Waals surface area contributed by atoms with Crippen LogP contribution < -0.4 is 15.5 Å². The molecule has 0 radical (unpaired) electrons. The monoisotopic (exact) mass is 604 g/mol. The van der Waals surface area contributed by atoms with Crippen LogP contribution in [0.3, 0.4) is 0 Å². The molecular formula is C31H26Cl2N4O3S. The van der Waals surface area contributed by atoms with Crippen molar-refractivity contribution in [3.63, 3.8) is 0 Å². The van der Waals surface area contributed by atoms with Crippen molar-refractivity contribution in [1.29, 1.82) is 0 Å². The maximum Gasteiger partial charge on any atom is 0.253 e. The van der Waals surface area contributed by atoms with Crippen LogP contribution in [0.25, 0.3) is 17.4 Å². The molecule has 0 bridgehead atoms. The van der Waals surface area contributed by atoms with Gasteiger partial charge in [0.15, 0.2) is 5.11 Å². The highest BCUT2D eigenvalue weighted by Gasteiger charge is 2.23. The molecule has 0 atom stereocenters. The Morgan fingerprint density at radius 3 is 2.20 bits per heavy atom. The summed E-state index contributed by atoms with van der Waals surface area (Å²) in [5.74, 6) is 0.799. The van der Waals surface area contributed by atoms with Crippen LogP contribution in [0.15, 0.2) is 95.4 Å². The highest BCUT2D eigenvalue weighted by Crippen LogP contribution is 2.27. The van der Waals surface area contributed by atoms with E-state index in [4.69, 9.17) is 39.8 Å². The minimum absolute atomic E-state index is 0.0135. The van der Waals surface area contributed by atoms with E-state index in [9.17, 15) is 9.59 Å². The van der Waals surface area contributed by atoms with Gasteiger partial charge in [-0.3, -0.25) is 14.9 Å². The van der Waals surface area contributed by atoms with Crippen LogP contribution >= 0.6 is 35.4 Å². The van der Waals surface area contributed by atoms with Gasteiger partial charge in [0.2, 0.25) is 5.91 Å². The van der Waals surface area contributed by atoms with Crippen LogP contribution in [0, 0.1) is 0 Å². The summed E-state index contributed by atoms with van der Waals surface area (Å²) in [7, 11) is 0. The SMILES string of the molecule is O=C(C=Cc1ccc(-c2ccc(Cl)cc2)o1)NC(=S)Nc1ccccc1N1CCN(C(=O)c2ccc(Cl)cc2)CC1. The van der Waals surface area contributed by atoms with E-state index in [2.05, 4.69) is 15.5 Å². The van der Waals surface area contributed by atoms with Crippen molar-refractivity contribution in [3.8, 4) is 11.3 Å². The summed E-state index contributed by atoms with van der Waals surface area (Å²) < 4.78 is 5.80. The largest absolute Gasteiger partial charge is 0.457 e. The third-order valence-corrected chi connectivity index (χ3v) is 7.25. The Balaban J connectivity index is 1.15. The molecule has 1 aliphatic rings. The van der Waals surface area contributed by atoms with E-state index in [0.717, 1.165) is 16.9 Å². The number of piperazine rings is 1. The summed E-state index contributed by atoms with van der Waals surface area (Å²) in [5.41, 5.74) is 3.20. The zero-order chi connectivity index (χ0) is 28.8. The van der Waals surface area contributed by atoms with Gasteiger partial charge in [0.25, 0.3) is 5.91 Å². The third-order valence-electron chi connectivity index (χ3n) is 6.54. The lowest BCUT2D eigenvalue weighted by Crippen LogP contribution is -2.49. The summed E-state index contributed by atoms with van der Waals surface area (Å²) >= 11 is 17.3. The highest BCUT2D eigenvalue weighted by atomic mass is 35.5. The van der Waals surface area contributed by atoms with Gasteiger partial charge < -0.3 is 19.5 Å². The molecule has 0 spiro atoms. The van der Waals surface area contributed by atoms with Crippen molar-refractivity contribution in [2.75, 3.05) is 36.4 Å². The van der Waals surface area contributed by atoms with Gasteiger partial charge in [-0.05, 0) is 91.1 Å². The van der Waals surface area contributed by atoms with E-state index in [-0.39, 0.29) is 11.0 Å². The number of hydrogen-bond acceptors (Lipinski definition) is 5. The van der Waals surface area contributed by atoms with E-state index in [1.165, 1.54) is 6.08 Å². The smallest absolute Gasteiger partial charge is 0.253 e. The van der Waals surface area contributed by atoms with Crippen LogP contribution in [-0.2, 0) is 4.79 Å². The van der Waals surface area contributed by atoms with Gasteiger partial charge >= 0.3 is 0 Å². The number of carbonyl (C=O) groups excluding carboxylic acids is 2. The second-order valence-corrected chi connectivity index (χ2v) is 10.6. The molecule has 7 nitrogen and oxygen atoms in total. The minimum Gasteiger partial charge on any atom is -0.457 e. The Labute approximate surface area is 253 Å². The van der Waals surface area contributed by atoms with Crippen LogP contribution in [0.1, 0.15) is 16.1 Å². The Morgan fingerprint density at radius 2 is 1.49 bits per heavy atom. The second kappa shape index (κ2) is 13.0. The molecule has 208 valence electrons. The van der Waals surface area contributed by atoms with Crippen molar-refractivity contribution < 1.29 is 14.0 Å². The minimum atomic E-state index is -0.390. The molecular weight excluding hydrogens is 579 g/mol. The predicted octanol–water partition coefficient (Wildman–Crippen LogP) is 6.74. The molecule has 2 N–H and O–H groups in total. The molecule has 0 unspecified atom stereocenters. The lowest BCUT2D eigenvalue weighted by molar-refractivity contribution is -0.115. The normalized spacial score (nSPS) is 13.3. The number of thiocarbonyl (C=S) groups is 1. The van der Waals surface area contributed by atoms with E-state index in [1.54, 1.807) is 48.5 Å². The standard InChI is InChI=1S/C31H26Cl2N4O3S/c32-23-9-5-21(6-10-23)28-15-13-25(40-28)14-16-29(38)35-31(41)34-26-3-1-2-4-27(26)36-17-19-37(20-18-36)30(39)22-7-11-24(33)12-8-22/h1-16H,17-20H2,(H2,34,35,38,41). The molecule has 1 aromatic heterocycles. The van der Waals surface area contributed by atoms with Gasteiger partial charge in [-0.15, -0.1) is 0 Å². The van der Waals surface area contributed by atoms with E-state index in [0.29, 0.717) is 53.3 Å². The highest BCUT2D eigenvalue weighted by molar-refractivity contribution is 7.80. The number of para-hydroxylation sites is 2. The van der Waals surface area contributed by atoms with Gasteiger partial charge in [-0.2, -0.15) is 0 Å². The summed E-state index contributed by atoms with van der Waals surface area (Å²) in [6.45, 7) is 2.46. The Morgan fingerprint density at radius 1 is 0.829 bits per heavy atom. The quantitative estimate of drug-likeness (QED) is 0.187. The van der Waals surface area contributed by atoms with E-state index in [1.807, 2.05) is 47.4 Å². The average molecular weight is 606 g/mol. The van der Waals surface area contributed by atoms with Crippen molar-refractivity contribution in [1.82, 2.24) is 10.2 Å². The number of carbonyl (C=O) groups is 2. The molecule has 10 heteroatoms. The number of nitrogens with zero attached hydrogens (tertiary/aromatic N) is 2. The van der Waals surface area contributed by atoms with Gasteiger partial charge in [-0.1, -0.05) is 35.3 Å². The number of nitrogens with one attached hydrogen (secondary N) is 2. The third kappa shape index (κ3) is 7.35. The van der Waals surface area contributed by atoms with Crippen LogP contribution in [0.4, 0.5) is 11.4 Å². The summed E-state index contributed by atoms with van der Waals surface area (Å²) in [4.78, 5) is 29.4. The first-order chi connectivity index (χ1) is 19.9. The van der Waals surface area contributed by atoms with Crippen molar-refractivity contribution >= 4 is 69.8 Å². The summed E-state index contributed by atoms with van der Waals surface area (Å²) in [6.07, 6.45) is 2.94. The first-order valence-corrected chi connectivity index (χ1v) is 14.1. The predicted molar refractivity (Wildman–Crippen MR) is 169 cm³/mol. The van der Waals surface area contributed by atoms with Crippen LogP contribution in [-0.4, -0.2) is 48.0 Å². The maximum absolute atomic E-state index is 12.9. The molecule has 4 aromatic rings. The number of anilines is 2. The van der Waals surface area contributed by atoms with Gasteiger partial charge in [0.1, 0.15) is 11.5 Å². The zero-order valence-corrected chi connectivity index (χ0v) is 24.2. The van der Waals surface area contributed by atoms with E-state index >= 15 is 0 Å². The lowest BCUT2D eigenvalue weighted by Gasteiger charge is -2.37. The molecule has 2 heterocycles. The van der Waals surface area contributed by atoms with Gasteiger partial charge in [0, 0.05) is 53.4 Å². The Bertz CT molecular complexity index is 1580. The van der Waals surface area contributed by atoms with Crippen LogP contribution in [0.2, 0.25) is 10.0 Å². The second-order valence-electron chi connectivity index (χ2n) is 9.29. The van der Waals surface area contributed by atoms with Crippen molar-refractivity contribution in [2.45, 2.75) is 0 Å². The van der Waals surface area contributed by atoms with Gasteiger partial charge in [0.05, 0.1) is 11.4 Å².